The van der Waals surface area contributed by atoms with E-state index in [4.69, 9.17) is 4.42 Å². The van der Waals surface area contributed by atoms with E-state index < -0.39 is 0 Å². The van der Waals surface area contributed by atoms with E-state index in [-0.39, 0.29) is 6.03 Å². The number of hydrogen-bond acceptors (Lipinski definition) is 6. The molecule has 0 aromatic carbocycles. The molecule has 0 radical (unpaired) electrons. The lowest BCUT2D eigenvalue weighted by atomic mass is 10.2. The third-order valence-electron chi connectivity index (χ3n) is 2.38. The minimum atomic E-state index is -0.129. The summed E-state index contributed by atoms with van der Waals surface area (Å²) in [6.45, 7) is 6.75. The predicted molar refractivity (Wildman–Crippen MR) is 76.4 cm³/mol. The van der Waals surface area contributed by atoms with Gasteiger partial charge in [0, 0.05) is 27.2 Å². The Morgan fingerprint density at radius 2 is 2.05 bits per heavy atom. The molecule has 8 heteroatoms. The van der Waals surface area contributed by atoms with Crippen molar-refractivity contribution in [2.75, 3.05) is 39.0 Å². The Labute approximate surface area is 119 Å². The number of carbonyl (C=O) groups is 1. The smallest absolute Gasteiger partial charge is 0.316 e. The first-order valence-corrected chi connectivity index (χ1v) is 6.71. The molecule has 1 aromatic heterocycles. The highest BCUT2D eigenvalue weighted by atomic mass is 16.4. The molecule has 1 rings (SSSR count). The molecule has 0 aliphatic rings. The SMILES string of the molecule is CC(C)CNCc1nnc(NCCNC(=O)N(C)C)o1. The van der Waals surface area contributed by atoms with Gasteiger partial charge in [-0.15, -0.1) is 5.10 Å². The standard InChI is InChI=1S/C12H24N6O2/c1-9(2)7-13-8-10-16-17-11(20-10)14-5-6-15-12(19)18(3)4/h9,13H,5-8H2,1-4H3,(H,14,17)(H,15,19). The van der Waals surface area contributed by atoms with Gasteiger partial charge in [0.25, 0.3) is 0 Å². The Kier molecular flexibility index (Phi) is 6.78. The highest BCUT2D eigenvalue weighted by Crippen LogP contribution is 2.04. The first-order chi connectivity index (χ1) is 9.49. The van der Waals surface area contributed by atoms with Crippen LogP contribution >= 0.6 is 0 Å². The normalized spacial score (nSPS) is 10.7. The number of aromatic nitrogens is 2. The quantitative estimate of drug-likeness (QED) is 0.602. The molecule has 0 spiro atoms. The van der Waals surface area contributed by atoms with Crippen LogP contribution < -0.4 is 16.0 Å². The summed E-state index contributed by atoms with van der Waals surface area (Å²) in [6, 6.07) is 0.237. The minimum Gasteiger partial charge on any atom is -0.407 e. The minimum absolute atomic E-state index is 0.129. The Morgan fingerprint density at radius 3 is 2.70 bits per heavy atom. The molecule has 1 aromatic rings. The number of hydrogen-bond donors (Lipinski definition) is 3. The maximum absolute atomic E-state index is 11.3. The number of carbonyl (C=O) groups excluding carboxylic acids is 1. The lowest BCUT2D eigenvalue weighted by molar-refractivity contribution is 0.218. The third kappa shape index (κ3) is 6.37. The van der Waals surface area contributed by atoms with Crippen LogP contribution in [0.2, 0.25) is 0 Å². The van der Waals surface area contributed by atoms with Crippen LogP contribution in [0.25, 0.3) is 0 Å². The van der Waals surface area contributed by atoms with E-state index in [1.165, 1.54) is 4.90 Å². The molecule has 0 bridgehead atoms. The molecular formula is C12H24N6O2. The van der Waals surface area contributed by atoms with Crippen LogP contribution in [-0.4, -0.2) is 54.9 Å². The fourth-order valence-corrected chi connectivity index (χ4v) is 1.36. The van der Waals surface area contributed by atoms with Crippen LogP contribution in [0.4, 0.5) is 10.8 Å². The van der Waals surface area contributed by atoms with Crippen molar-refractivity contribution in [3.63, 3.8) is 0 Å². The van der Waals surface area contributed by atoms with E-state index in [9.17, 15) is 4.79 Å². The van der Waals surface area contributed by atoms with Crippen molar-refractivity contribution in [3.05, 3.63) is 5.89 Å². The molecule has 0 saturated heterocycles. The van der Waals surface area contributed by atoms with E-state index in [1.807, 2.05) is 0 Å². The summed E-state index contributed by atoms with van der Waals surface area (Å²) in [5.74, 6) is 1.13. The second-order valence-electron chi connectivity index (χ2n) is 5.08. The van der Waals surface area contributed by atoms with Gasteiger partial charge in [0.2, 0.25) is 5.89 Å². The fraction of sp³-hybridized carbons (Fsp3) is 0.750. The van der Waals surface area contributed by atoms with Crippen molar-refractivity contribution in [1.29, 1.82) is 0 Å². The topological polar surface area (TPSA) is 95.3 Å². The van der Waals surface area contributed by atoms with Gasteiger partial charge in [-0.05, 0) is 12.5 Å². The van der Waals surface area contributed by atoms with E-state index in [1.54, 1.807) is 14.1 Å². The second kappa shape index (κ2) is 8.36. The summed E-state index contributed by atoms with van der Waals surface area (Å²) >= 11 is 0. The number of urea groups is 1. The van der Waals surface area contributed by atoms with Gasteiger partial charge in [0.05, 0.1) is 6.54 Å². The number of anilines is 1. The number of rotatable bonds is 8. The van der Waals surface area contributed by atoms with E-state index in [0.717, 1.165) is 6.54 Å². The molecule has 1 heterocycles. The molecule has 114 valence electrons. The summed E-state index contributed by atoms with van der Waals surface area (Å²) < 4.78 is 5.40. The fourth-order valence-electron chi connectivity index (χ4n) is 1.36. The van der Waals surface area contributed by atoms with Gasteiger partial charge in [-0.1, -0.05) is 18.9 Å². The van der Waals surface area contributed by atoms with Gasteiger partial charge in [0.15, 0.2) is 0 Å². The zero-order chi connectivity index (χ0) is 15.0. The van der Waals surface area contributed by atoms with Crippen molar-refractivity contribution in [2.45, 2.75) is 20.4 Å². The third-order valence-corrected chi connectivity index (χ3v) is 2.38. The maximum Gasteiger partial charge on any atom is 0.316 e. The zero-order valence-corrected chi connectivity index (χ0v) is 12.6. The summed E-state index contributed by atoms with van der Waals surface area (Å²) in [5.41, 5.74) is 0. The highest BCUT2D eigenvalue weighted by Gasteiger charge is 2.06. The van der Waals surface area contributed by atoms with E-state index in [2.05, 4.69) is 40.0 Å². The number of nitrogens with one attached hydrogen (secondary N) is 3. The molecule has 8 nitrogen and oxygen atoms in total. The largest absolute Gasteiger partial charge is 0.407 e. The lowest BCUT2D eigenvalue weighted by Crippen LogP contribution is -2.37. The second-order valence-corrected chi connectivity index (χ2v) is 5.08. The van der Waals surface area contributed by atoms with Gasteiger partial charge >= 0.3 is 12.0 Å². The molecule has 0 fully saturated rings. The Bertz CT molecular complexity index is 404. The van der Waals surface area contributed by atoms with Crippen LogP contribution in [0.1, 0.15) is 19.7 Å². The lowest BCUT2D eigenvalue weighted by Gasteiger charge is -2.11. The van der Waals surface area contributed by atoms with Gasteiger partial charge in [0.1, 0.15) is 0 Å². The Hall–Kier alpha value is -1.83. The summed E-state index contributed by atoms with van der Waals surface area (Å²) in [4.78, 5) is 12.7. The predicted octanol–water partition coefficient (Wildman–Crippen LogP) is 0.498. The average molecular weight is 284 g/mol. The number of nitrogens with zero attached hydrogens (tertiary/aromatic N) is 3. The Balaban J connectivity index is 2.18. The van der Waals surface area contributed by atoms with Crippen LogP contribution in [0.5, 0.6) is 0 Å². The molecule has 0 atom stereocenters. The van der Waals surface area contributed by atoms with Crippen molar-refractivity contribution >= 4 is 12.0 Å². The molecule has 3 N–H and O–H groups in total. The molecule has 20 heavy (non-hydrogen) atoms. The molecule has 0 aliphatic heterocycles. The number of amides is 2. The molecule has 0 saturated carbocycles. The molecule has 0 aliphatic carbocycles. The van der Waals surface area contributed by atoms with E-state index in [0.29, 0.717) is 37.5 Å². The van der Waals surface area contributed by atoms with Crippen LogP contribution in [0.3, 0.4) is 0 Å². The zero-order valence-electron chi connectivity index (χ0n) is 12.6. The van der Waals surface area contributed by atoms with Gasteiger partial charge in [-0.2, -0.15) is 0 Å². The maximum atomic E-state index is 11.3. The van der Waals surface area contributed by atoms with E-state index >= 15 is 0 Å². The van der Waals surface area contributed by atoms with Gasteiger partial charge in [-0.3, -0.25) is 0 Å². The van der Waals surface area contributed by atoms with Crippen molar-refractivity contribution in [3.8, 4) is 0 Å². The first-order valence-electron chi connectivity index (χ1n) is 6.71. The van der Waals surface area contributed by atoms with Crippen molar-refractivity contribution in [2.24, 2.45) is 5.92 Å². The van der Waals surface area contributed by atoms with Gasteiger partial charge < -0.3 is 25.3 Å². The summed E-state index contributed by atoms with van der Waals surface area (Å²) in [6.07, 6.45) is 0. The average Bonchev–Trinajstić information content (AvgIpc) is 2.81. The van der Waals surface area contributed by atoms with Crippen LogP contribution in [0, 0.1) is 5.92 Å². The highest BCUT2D eigenvalue weighted by molar-refractivity contribution is 5.73. The Morgan fingerprint density at radius 1 is 1.30 bits per heavy atom. The summed E-state index contributed by atoms with van der Waals surface area (Å²) in [7, 11) is 3.38. The molecule has 0 unspecified atom stereocenters. The van der Waals surface area contributed by atoms with Gasteiger partial charge in [-0.25, -0.2) is 4.79 Å². The van der Waals surface area contributed by atoms with Crippen LogP contribution in [0.15, 0.2) is 4.42 Å². The van der Waals surface area contributed by atoms with Crippen molar-refractivity contribution < 1.29 is 9.21 Å². The van der Waals surface area contributed by atoms with Crippen molar-refractivity contribution in [1.82, 2.24) is 25.7 Å². The monoisotopic (exact) mass is 284 g/mol. The molecular weight excluding hydrogens is 260 g/mol. The first kappa shape index (κ1) is 16.2. The molecule has 2 amide bonds. The van der Waals surface area contributed by atoms with Crippen LogP contribution in [-0.2, 0) is 6.54 Å². The summed E-state index contributed by atoms with van der Waals surface area (Å²) in [5, 5.41) is 16.7.